The molecule has 1 fully saturated rings. The van der Waals surface area contributed by atoms with Crippen LogP contribution in [0.2, 0.25) is 0 Å². The summed E-state index contributed by atoms with van der Waals surface area (Å²) >= 11 is 0. The maximum atomic E-state index is 13.1. The second-order valence-corrected chi connectivity index (χ2v) is 12.6. The van der Waals surface area contributed by atoms with Gasteiger partial charge in [-0.1, -0.05) is 44.9 Å². The number of hydrogen-bond acceptors (Lipinski definition) is 6. The third-order valence-electron chi connectivity index (χ3n) is 7.17. The molecule has 1 unspecified atom stereocenters. The maximum Gasteiger partial charge on any atom is 0.417 e. The standard InChI is InChI=1S/C27H41F3N4O4S/c1-3-39(37,38)34-18-16-33(17-19-34)15-11-9-7-5-4-6-8-10-14-26(2,36)25(35)32-23-13-12-22(21-31)24(20-23)27(28,29)30/h12-13,20,36H,3-11,14-19H2,1-2H3,(H,32,35). The van der Waals surface area contributed by atoms with Crippen molar-refractivity contribution in [3.63, 3.8) is 0 Å². The lowest BCUT2D eigenvalue weighted by molar-refractivity contribution is -0.138. The number of hydrogen-bond donors (Lipinski definition) is 2. The highest BCUT2D eigenvalue weighted by Gasteiger charge is 2.35. The monoisotopic (exact) mass is 574 g/mol. The van der Waals surface area contributed by atoms with E-state index in [1.165, 1.54) is 19.1 Å². The first-order valence-electron chi connectivity index (χ1n) is 13.7. The fourth-order valence-electron chi connectivity index (χ4n) is 4.61. The molecule has 1 atom stereocenters. The number of unbranched alkanes of at least 4 members (excludes halogenated alkanes) is 7. The fourth-order valence-corrected chi connectivity index (χ4v) is 5.70. The zero-order valence-corrected chi connectivity index (χ0v) is 23.7. The average molecular weight is 575 g/mol. The topological polar surface area (TPSA) is 114 Å². The van der Waals surface area contributed by atoms with Crippen molar-refractivity contribution in [1.29, 1.82) is 5.26 Å². The second kappa shape index (κ2) is 15.0. The van der Waals surface area contributed by atoms with Gasteiger partial charge in [-0.3, -0.25) is 4.79 Å². The summed E-state index contributed by atoms with van der Waals surface area (Å²) < 4.78 is 64.9. The SMILES string of the molecule is CCS(=O)(=O)N1CCN(CCCCCCCCCCC(C)(O)C(=O)Nc2ccc(C#N)c(C(F)(F)F)c2)CC1. The van der Waals surface area contributed by atoms with Gasteiger partial charge in [-0.05, 0) is 51.4 Å². The smallest absolute Gasteiger partial charge is 0.380 e. The van der Waals surface area contributed by atoms with Gasteiger partial charge in [0.1, 0.15) is 5.60 Å². The van der Waals surface area contributed by atoms with E-state index in [1.807, 2.05) is 0 Å². The average Bonchev–Trinajstić information content (AvgIpc) is 2.89. The highest BCUT2D eigenvalue weighted by atomic mass is 32.2. The van der Waals surface area contributed by atoms with E-state index < -0.39 is 38.8 Å². The van der Waals surface area contributed by atoms with Crippen molar-refractivity contribution >= 4 is 21.6 Å². The number of amides is 1. The lowest BCUT2D eigenvalue weighted by atomic mass is 9.96. The predicted molar refractivity (Wildman–Crippen MR) is 144 cm³/mol. The molecule has 39 heavy (non-hydrogen) atoms. The Balaban J connectivity index is 1.57. The Morgan fingerprint density at radius 1 is 1.03 bits per heavy atom. The lowest BCUT2D eigenvalue weighted by Gasteiger charge is -2.33. The number of nitriles is 1. The first kappa shape index (κ1) is 33.0. The number of benzene rings is 1. The number of carbonyl (C=O) groups excluding carboxylic acids is 1. The van der Waals surface area contributed by atoms with Gasteiger partial charge in [0.25, 0.3) is 5.91 Å². The molecule has 0 bridgehead atoms. The molecule has 0 spiro atoms. The number of rotatable bonds is 15. The summed E-state index contributed by atoms with van der Waals surface area (Å²) in [5, 5.41) is 21.7. The Hall–Kier alpha value is -2.20. The second-order valence-electron chi connectivity index (χ2n) is 10.3. The first-order valence-corrected chi connectivity index (χ1v) is 15.3. The van der Waals surface area contributed by atoms with Gasteiger partial charge in [0.15, 0.2) is 0 Å². The van der Waals surface area contributed by atoms with Crippen LogP contribution in [0.25, 0.3) is 0 Å². The molecule has 0 radical (unpaired) electrons. The summed E-state index contributed by atoms with van der Waals surface area (Å²) in [5.74, 6) is -0.634. The van der Waals surface area contributed by atoms with E-state index in [1.54, 1.807) is 11.2 Å². The molecule has 1 aliphatic heterocycles. The third kappa shape index (κ3) is 10.7. The van der Waals surface area contributed by atoms with Gasteiger partial charge in [0, 0.05) is 31.9 Å². The molecule has 0 aromatic heterocycles. The van der Waals surface area contributed by atoms with E-state index >= 15 is 0 Å². The van der Waals surface area contributed by atoms with Crippen LogP contribution in [0.3, 0.4) is 0 Å². The quantitative estimate of drug-likeness (QED) is 0.293. The van der Waals surface area contributed by atoms with E-state index in [0.29, 0.717) is 25.6 Å². The van der Waals surface area contributed by atoms with Crippen LogP contribution in [0, 0.1) is 11.3 Å². The minimum atomic E-state index is -4.73. The van der Waals surface area contributed by atoms with Crippen molar-refractivity contribution < 1.29 is 31.5 Å². The van der Waals surface area contributed by atoms with Crippen LogP contribution in [0.1, 0.15) is 82.8 Å². The Morgan fingerprint density at radius 2 is 1.59 bits per heavy atom. The molecule has 12 heteroatoms. The van der Waals surface area contributed by atoms with Crippen molar-refractivity contribution in [3.05, 3.63) is 29.3 Å². The van der Waals surface area contributed by atoms with E-state index in [0.717, 1.165) is 70.6 Å². The number of piperazine rings is 1. The van der Waals surface area contributed by atoms with Crippen LogP contribution < -0.4 is 5.32 Å². The minimum Gasteiger partial charge on any atom is -0.380 e. The van der Waals surface area contributed by atoms with Gasteiger partial charge in [0.05, 0.1) is 22.9 Å². The van der Waals surface area contributed by atoms with Crippen LogP contribution in [0.15, 0.2) is 18.2 Å². The van der Waals surface area contributed by atoms with Crippen LogP contribution in [0.4, 0.5) is 18.9 Å². The van der Waals surface area contributed by atoms with Crippen LogP contribution >= 0.6 is 0 Å². The van der Waals surface area contributed by atoms with Crippen LogP contribution in [-0.4, -0.2) is 72.7 Å². The number of carbonyl (C=O) groups is 1. The minimum absolute atomic E-state index is 0.127. The molecule has 220 valence electrons. The zero-order chi connectivity index (χ0) is 29.1. The molecular weight excluding hydrogens is 533 g/mol. The molecule has 2 N–H and O–H groups in total. The summed E-state index contributed by atoms with van der Waals surface area (Å²) in [4.78, 5) is 14.8. The summed E-state index contributed by atoms with van der Waals surface area (Å²) in [7, 11) is -3.09. The zero-order valence-electron chi connectivity index (χ0n) is 22.9. The predicted octanol–water partition coefficient (Wildman–Crippen LogP) is 4.74. The van der Waals surface area contributed by atoms with Gasteiger partial charge >= 0.3 is 6.18 Å². The molecule has 1 aliphatic rings. The summed E-state index contributed by atoms with van der Waals surface area (Å²) in [6.45, 7) is 6.70. The number of anilines is 1. The van der Waals surface area contributed by atoms with Crippen molar-refractivity contribution in [2.75, 3.05) is 43.8 Å². The molecule has 1 amide bonds. The molecule has 1 saturated heterocycles. The van der Waals surface area contributed by atoms with E-state index in [9.17, 15) is 31.5 Å². The highest BCUT2D eigenvalue weighted by Crippen LogP contribution is 2.33. The number of halogens is 3. The summed E-state index contributed by atoms with van der Waals surface area (Å²) in [6, 6.07) is 4.40. The molecule has 2 rings (SSSR count). The Labute approximate surface area is 230 Å². The molecule has 1 aromatic rings. The Bertz CT molecular complexity index is 1080. The van der Waals surface area contributed by atoms with Crippen molar-refractivity contribution in [1.82, 2.24) is 9.21 Å². The van der Waals surface area contributed by atoms with Crippen molar-refractivity contribution in [2.24, 2.45) is 0 Å². The fraction of sp³-hybridized carbons (Fsp3) is 0.704. The number of sulfonamides is 1. The van der Waals surface area contributed by atoms with Crippen molar-refractivity contribution in [3.8, 4) is 6.07 Å². The molecule has 1 heterocycles. The largest absolute Gasteiger partial charge is 0.417 e. The van der Waals surface area contributed by atoms with Gasteiger partial charge in [-0.25, -0.2) is 8.42 Å². The highest BCUT2D eigenvalue weighted by molar-refractivity contribution is 7.89. The van der Waals surface area contributed by atoms with Gasteiger partial charge in [-0.15, -0.1) is 0 Å². The van der Waals surface area contributed by atoms with E-state index in [2.05, 4.69) is 10.2 Å². The number of nitrogens with zero attached hydrogens (tertiary/aromatic N) is 3. The first-order chi connectivity index (χ1) is 18.3. The molecule has 8 nitrogen and oxygen atoms in total. The van der Waals surface area contributed by atoms with Crippen LogP contribution in [0.5, 0.6) is 0 Å². The summed E-state index contributed by atoms with van der Waals surface area (Å²) in [5.41, 5.74) is -3.52. The maximum absolute atomic E-state index is 13.1. The molecular formula is C27H41F3N4O4S. The normalized spacial score (nSPS) is 16.9. The van der Waals surface area contributed by atoms with Crippen LogP contribution in [-0.2, 0) is 21.0 Å². The molecule has 0 aliphatic carbocycles. The van der Waals surface area contributed by atoms with E-state index in [4.69, 9.17) is 5.26 Å². The van der Waals surface area contributed by atoms with Crippen molar-refractivity contribution in [2.45, 2.75) is 83.4 Å². The molecule has 0 saturated carbocycles. The van der Waals surface area contributed by atoms with Gasteiger partial charge < -0.3 is 15.3 Å². The number of nitrogens with one attached hydrogen (secondary N) is 1. The lowest BCUT2D eigenvalue weighted by Crippen LogP contribution is -2.49. The summed E-state index contributed by atoms with van der Waals surface area (Å²) in [6.07, 6.45) is 3.35. The Kier molecular flexibility index (Phi) is 12.7. The molecule has 1 aromatic carbocycles. The number of aliphatic hydroxyl groups is 1. The van der Waals surface area contributed by atoms with E-state index in [-0.39, 0.29) is 17.9 Å². The third-order valence-corrected chi connectivity index (χ3v) is 9.05. The van der Waals surface area contributed by atoms with Gasteiger partial charge in [-0.2, -0.15) is 22.7 Å². The number of alkyl halides is 3. The Morgan fingerprint density at radius 3 is 2.13 bits per heavy atom. The van der Waals surface area contributed by atoms with Gasteiger partial charge in [0.2, 0.25) is 10.0 Å².